The topological polar surface area (TPSA) is 49.8 Å². The summed E-state index contributed by atoms with van der Waals surface area (Å²) in [7, 11) is 3.23. The molecule has 2 unspecified atom stereocenters. The van der Waals surface area contributed by atoms with Crippen LogP contribution in [0.1, 0.15) is 24.0 Å². The molecule has 4 nitrogen and oxygen atoms in total. The van der Waals surface area contributed by atoms with Crippen LogP contribution in [0.5, 0.6) is 0 Å². The van der Waals surface area contributed by atoms with E-state index in [1.807, 2.05) is 38.1 Å². The molecule has 1 aromatic carbocycles. The lowest BCUT2D eigenvalue weighted by Crippen LogP contribution is -2.38. The molecule has 1 amide bonds. The SMILES string of the molecule is COCC(O)CN(C)C(=O)C(C)c1cccc(C)c1. The fourth-order valence-corrected chi connectivity index (χ4v) is 2.06. The molecule has 0 fully saturated rings. The summed E-state index contributed by atoms with van der Waals surface area (Å²) in [5.74, 6) is -0.208. The Morgan fingerprint density at radius 1 is 1.47 bits per heavy atom. The van der Waals surface area contributed by atoms with Gasteiger partial charge in [-0.05, 0) is 19.4 Å². The van der Waals surface area contributed by atoms with E-state index in [0.717, 1.165) is 11.1 Å². The van der Waals surface area contributed by atoms with E-state index in [0.29, 0.717) is 0 Å². The van der Waals surface area contributed by atoms with Crippen molar-refractivity contribution in [2.75, 3.05) is 27.3 Å². The molecular formula is C15H23NO3. The lowest BCUT2D eigenvalue weighted by atomic mass is 9.98. The van der Waals surface area contributed by atoms with Crippen molar-refractivity contribution in [1.29, 1.82) is 0 Å². The first-order valence-electron chi connectivity index (χ1n) is 6.44. The van der Waals surface area contributed by atoms with Gasteiger partial charge in [0.25, 0.3) is 0 Å². The summed E-state index contributed by atoms with van der Waals surface area (Å²) in [4.78, 5) is 13.8. The number of carbonyl (C=O) groups excluding carboxylic acids is 1. The Morgan fingerprint density at radius 2 is 2.16 bits per heavy atom. The number of nitrogens with zero attached hydrogens (tertiary/aromatic N) is 1. The normalized spacial score (nSPS) is 13.9. The van der Waals surface area contributed by atoms with E-state index in [-0.39, 0.29) is 25.0 Å². The number of aliphatic hydroxyl groups excluding tert-OH is 1. The number of likely N-dealkylation sites (N-methyl/N-ethyl adjacent to an activating group) is 1. The zero-order valence-electron chi connectivity index (χ0n) is 12.1. The van der Waals surface area contributed by atoms with E-state index in [1.165, 1.54) is 7.11 Å². The zero-order valence-corrected chi connectivity index (χ0v) is 12.1. The van der Waals surface area contributed by atoms with E-state index < -0.39 is 6.10 Å². The highest BCUT2D eigenvalue weighted by Crippen LogP contribution is 2.18. The number of aliphatic hydroxyl groups is 1. The van der Waals surface area contributed by atoms with Crippen LogP contribution >= 0.6 is 0 Å². The third kappa shape index (κ3) is 4.65. The zero-order chi connectivity index (χ0) is 14.4. The number of benzene rings is 1. The molecule has 0 aliphatic carbocycles. The Labute approximate surface area is 115 Å². The van der Waals surface area contributed by atoms with Crippen molar-refractivity contribution in [1.82, 2.24) is 4.90 Å². The second kappa shape index (κ2) is 7.26. The van der Waals surface area contributed by atoms with Gasteiger partial charge in [-0.15, -0.1) is 0 Å². The molecule has 2 atom stereocenters. The third-order valence-corrected chi connectivity index (χ3v) is 3.13. The van der Waals surface area contributed by atoms with Crippen molar-refractivity contribution in [2.24, 2.45) is 0 Å². The summed E-state index contributed by atoms with van der Waals surface area (Å²) in [6.45, 7) is 4.41. The first-order chi connectivity index (χ1) is 8.95. The Hall–Kier alpha value is -1.39. The van der Waals surface area contributed by atoms with Crippen molar-refractivity contribution < 1.29 is 14.6 Å². The van der Waals surface area contributed by atoms with E-state index >= 15 is 0 Å². The Morgan fingerprint density at radius 3 is 2.74 bits per heavy atom. The minimum atomic E-state index is -0.649. The molecule has 0 radical (unpaired) electrons. The second-order valence-corrected chi connectivity index (χ2v) is 4.96. The number of rotatable bonds is 6. The smallest absolute Gasteiger partial charge is 0.229 e. The molecular weight excluding hydrogens is 242 g/mol. The van der Waals surface area contributed by atoms with Crippen molar-refractivity contribution in [2.45, 2.75) is 25.9 Å². The van der Waals surface area contributed by atoms with Crippen LogP contribution in [-0.4, -0.2) is 49.3 Å². The fourth-order valence-electron chi connectivity index (χ4n) is 2.06. The van der Waals surface area contributed by atoms with Crippen LogP contribution in [0.25, 0.3) is 0 Å². The van der Waals surface area contributed by atoms with Crippen LogP contribution in [0.15, 0.2) is 24.3 Å². The second-order valence-electron chi connectivity index (χ2n) is 4.96. The maximum atomic E-state index is 12.3. The third-order valence-electron chi connectivity index (χ3n) is 3.13. The highest BCUT2D eigenvalue weighted by atomic mass is 16.5. The maximum Gasteiger partial charge on any atom is 0.229 e. The van der Waals surface area contributed by atoms with Gasteiger partial charge in [0.1, 0.15) is 0 Å². The van der Waals surface area contributed by atoms with Gasteiger partial charge in [0.2, 0.25) is 5.91 Å². The summed E-state index contributed by atoms with van der Waals surface area (Å²) < 4.78 is 4.86. The van der Waals surface area contributed by atoms with Crippen LogP contribution in [0.4, 0.5) is 0 Å². The molecule has 0 saturated carbocycles. The van der Waals surface area contributed by atoms with Crippen LogP contribution in [-0.2, 0) is 9.53 Å². The summed E-state index contributed by atoms with van der Waals surface area (Å²) in [6, 6.07) is 7.93. The number of ether oxygens (including phenoxy) is 1. The predicted octanol–water partition coefficient (Wildman–Crippen LogP) is 1.56. The summed E-state index contributed by atoms with van der Waals surface area (Å²) >= 11 is 0. The van der Waals surface area contributed by atoms with E-state index in [9.17, 15) is 9.90 Å². The molecule has 19 heavy (non-hydrogen) atoms. The van der Waals surface area contributed by atoms with Crippen LogP contribution in [0, 0.1) is 6.92 Å². The van der Waals surface area contributed by atoms with E-state index in [2.05, 4.69) is 0 Å². The van der Waals surface area contributed by atoms with Crippen molar-refractivity contribution in [3.8, 4) is 0 Å². The van der Waals surface area contributed by atoms with Gasteiger partial charge in [0.05, 0.1) is 18.6 Å². The van der Waals surface area contributed by atoms with Gasteiger partial charge in [0, 0.05) is 20.7 Å². The maximum absolute atomic E-state index is 12.3. The van der Waals surface area contributed by atoms with Gasteiger partial charge < -0.3 is 14.7 Å². The molecule has 0 bridgehead atoms. The van der Waals surface area contributed by atoms with E-state index in [4.69, 9.17) is 4.74 Å². The molecule has 1 aromatic rings. The first-order valence-corrected chi connectivity index (χ1v) is 6.44. The largest absolute Gasteiger partial charge is 0.389 e. The van der Waals surface area contributed by atoms with Gasteiger partial charge >= 0.3 is 0 Å². The summed E-state index contributed by atoms with van der Waals surface area (Å²) in [5, 5.41) is 9.65. The molecule has 0 aliphatic heterocycles. The molecule has 0 aromatic heterocycles. The number of carbonyl (C=O) groups is 1. The Balaban J connectivity index is 2.66. The molecule has 106 valence electrons. The Kier molecular flexibility index (Phi) is 5.99. The summed E-state index contributed by atoms with van der Waals surface area (Å²) in [5.41, 5.74) is 2.14. The van der Waals surface area contributed by atoms with Crippen LogP contribution in [0.2, 0.25) is 0 Å². The molecule has 0 aliphatic rings. The standard InChI is InChI=1S/C15H23NO3/c1-11-6-5-7-13(8-11)12(2)15(18)16(3)9-14(17)10-19-4/h5-8,12,14,17H,9-10H2,1-4H3. The monoisotopic (exact) mass is 265 g/mol. The molecule has 4 heteroatoms. The predicted molar refractivity (Wildman–Crippen MR) is 75.1 cm³/mol. The van der Waals surface area contributed by atoms with Crippen LogP contribution in [0.3, 0.4) is 0 Å². The molecule has 0 heterocycles. The number of aryl methyl sites for hydroxylation is 1. The molecule has 0 spiro atoms. The molecule has 1 rings (SSSR count). The summed E-state index contributed by atoms with van der Waals surface area (Å²) in [6.07, 6.45) is -0.649. The first kappa shape index (κ1) is 15.7. The van der Waals surface area contributed by atoms with Gasteiger partial charge in [-0.2, -0.15) is 0 Å². The van der Waals surface area contributed by atoms with E-state index in [1.54, 1.807) is 11.9 Å². The molecule has 1 N–H and O–H groups in total. The van der Waals surface area contributed by atoms with Crippen molar-refractivity contribution in [3.05, 3.63) is 35.4 Å². The highest BCUT2D eigenvalue weighted by Gasteiger charge is 2.21. The highest BCUT2D eigenvalue weighted by molar-refractivity contribution is 5.83. The fraction of sp³-hybridized carbons (Fsp3) is 0.533. The minimum absolute atomic E-state index is 0.000697. The van der Waals surface area contributed by atoms with Gasteiger partial charge in [-0.1, -0.05) is 29.8 Å². The van der Waals surface area contributed by atoms with Gasteiger partial charge in [-0.3, -0.25) is 4.79 Å². The van der Waals surface area contributed by atoms with Crippen LogP contribution < -0.4 is 0 Å². The quantitative estimate of drug-likeness (QED) is 0.849. The lowest BCUT2D eigenvalue weighted by molar-refractivity contribution is -0.132. The number of methoxy groups -OCH3 is 1. The van der Waals surface area contributed by atoms with Crippen molar-refractivity contribution in [3.63, 3.8) is 0 Å². The molecule has 0 saturated heterocycles. The lowest BCUT2D eigenvalue weighted by Gasteiger charge is -2.24. The average Bonchev–Trinajstić information content (AvgIpc) is 2.37. The van der Waals surface area contributed by atoms with Gasteiger partial charge in [0.15, 0.2) is 0 Å². The number of hydrogen-bond donors (Lipinski definition) is 1. The minimum Gasteiger partial charge on any atom is -0.389 e. The number of hydrogen-bond acceptors (Lipinski definition) is 3. The average molecular weight is 265 g/mol. The number of amides is 1. The van der Waals surface area contributed by atoms with Gasteiger partial charge in [-0.25, -0.2) is 0 Å². The Bertz CT molecular complexity index is 420. The van der Waals surface area contributed by atoms with Crippen molar-refractivity contribution >= 4 is 5.91 Å².